The van der Waals surface area contributed by atoms with Crippen LogP contribution < -0.4 is 21.5 Å². The van der Waals surface area contributed by atoms with E-state index in [2.05, 4.69) is 30.2 Å². The lowest BCUT2D eigenvalue weighted by Gasteiger charge is -2.15. The van der Waals surface area contributed by atoms with E-state index in [9.17, 15) is 4.39 Å². The Balaban J connectivity index is 2.08. The Hall–Kier alpha value is -3.40. The topological polar surface area (TPSA) is 138 Å². The average Bonchev–Trinajstić information content (AvgIpc) is 2.67. The molecule has 0 fully saturated rings. The molecule has 3 rings (SSSR count). The molecule has 3 heterocycles. The fraction of sp³-hybridized carbons (Fsp3) is 0.278. The summed E-state index contributed by atoms with van der Waals surface area (Å²) in [6.07, 6.45) is 3.83. The highest BCUT2D eigenvalue weighted by molar-refractivity contribution is 5.75. The second-order valence-corrected chi connectivity index (χ2v) is 6.08. The molecule has 0 aliphatic rings. The molecule has 0 amide bonds. The van der Waals surface area contributed by atoms with Crippen molar-refractivity contribution in [3.8, 4) is 17.3 Å². The van der Waals surface area contributed by atoms with Gasteiger partial charge in [-0.25, -0.2) is 19.3 Å². The first-order chi connectivity index (χ1) is 13.4. The maximum atomic E-state index is 14.0. The van der Waals surface area contributed by atoms with Crippen LogP contribution >= 0.6 is 0 Å². The third-order valence-corrected chi connectivity index (χ3v) is 4.05. The normalized spacial score (nSPS) is 11.9. The fourth-order valence-corrected chi connectivity index (χ4v) is 2.59. The lowest BCUT2D eigenvalue weighted by atomic mass is 10.0. The van der Waals surface area contributed by atoms with E-state index in [4.69, 9.17) is 16.2 Å². The molecule has 3 aromatic heterocycles. The van der Waals surface area contributed by atoms with Gasteiger partial charge in [-0.2, -0.15) is 9.97 Å². The van der Waals surface area contributed by atoms with E-state index in [1.54, 1.807) is 13.1 Å². The van der Waals surface area contributed by atoms with Crippen LogP contribution in [0.3, 0.4) is 0 Å². The Morgan fingerprint density at radius 1 is 1.18 bits per heavy atom. The zero-order valence-electron chi connectivity index (χ0n) is 15.8. The number of hydrogen-bond acceptors (Lipinski definition) is 9. The molecule has 0 radical (unpaired) electrons. The summed E-state index contributed by atoms with van der Waals surface area (Å²) in [5.74, 6) is 0.616. The molecule has 1 unspecified atom stereocenters. The van der Waals surface area contributed by atoms with Crippen LogP contribution in [0.4, 0.5) is 21.8 Å². The molecule has 0 aromatic carbocycles. The number of aryl methyl sites for hydroxylation is 1. The minimum Gasteiger partial charge on any atom is -0.479 e. The first-order valence-corrected chi connectivity index (χ1v) is 8.61. The van der Waals surface area contributed by atoms with Crippen LogP contribution in [0.5, 0.6) is 5.88 Å². The van der Waals surface area contributed by atoms with Gasteiger partial charge in [0, 0.05) is 18.3 Å². The first kappa shape index (κ1) is 19.4. The summed E-state index contributed by atoms with van der Waals surface area (Å²) in [5.41, 5.74) is 13.7. The Morgan fingerprint density at radius 3 is 2.61 bits per heavy atom. The van der Waals surface area contributed by atoms with Gasteiger partial charge in [0.15, 0.2) is 11.6 Å². The van der Waals surface area contributed by atoms with Gasteiger partial charge in [0.1, 0.15) is 11.6 Å². The number of anilines is 3. The summed E-state index contributed by atoms with van der Waals surface area (Å²) in [7, 11) is 1.35. The number of ether oxygens (including phenoxy) is 1. The number of hydrogen-bond donors (Lipinski definition) is 3. The molecule has 146 valence electrons. The van der Waals surface area contributed by atoms with Crippen molar-refractivity contribution in [1.82, 2.24) is 24.9 Å². The predicted molar refractivity (Wildman–Crippen MR) is 103 cm³/mol. The molecule has 5 N–H and O–H groups in total. The molecule has 3 aromatic rings. The Kier molecular flexibility index (Phi) is 5.59. The van der Waals surface area contributed by atoms with Crippen molar-refractivity contribution in [2.75, 3.05) is 18.2 Å². The highest BCUT2D eigenvalue weighted by Crippen LogP contribution is 2.30. The molecule has 0 saturated heterocycles. The van der Waals surface area contributed by atoms with Gasteiger partial charge in [0.05, 0.1) is 24.6 Å². The Labute approximate surface area is 161 Å². The van der Waals surface area contributed by atoms with Crippen LogP contribution in [0.15, 0.2) is 24.5 Å². The van der Waals surface area contributed by atoms with Gasteiger partial charge in [-0.05, 0) is 25.0 Å². The summed E-state index contributed by atoms with van der Waals surface area (Å²) >= 11 is 0. The third kappa shape index (κ3) is 4.12. The highest BCUT2D eigenvalue weighted by atomic mass is 19.1. The number of methoxy groups -OCH3 is 1. The number of nitrogens with two attached hydrogens (primary N) is 2. The second-order valence-electron chi connectivity index (χ2n) is 6.08. The van der Waals surface area contributed by atoms with E-state index in [0.717, 1.165) is 12.0 Å². The lowest BCUT2D eigenvalue weighted by Crippen LogP contribution is -2.11. The Bertz CT molecular complexity index is 977. The van der Waals surface area contributed by atoms with Crippen LogP contribution in [-0.4, -0.2) is 32.0 Å². The average molecular weight is 384 g/mol. The van der Waals surface area contributed by atoms with E-state index in [1.807, 2.05) is 13.0 Å². The van der Waals surface area contributed by atoms with Gasteiger partial charge in [0.2, 0.25) is 11.8 Å². The molecule has 0 aliphatic carbocycles. The number of nitrogens with zero attached hydrogens (tertiary/aromatic N) is 5. The maximum absolute atomic E-state index is 14.0. The minimum absolute atomic E-state index is 0.0933. The van der Waals surface area contributed by atoms with Crippen molar-refractivity contribution in [1.29, 1.82) is 0 Å². The van der Waals surface area contributed by atoms with Crippen molar-refractivity contribution in [2.24, 2.45) is 5.73 Å². The summed E-state index contributed by atoms with van der Waals surface area (Å²) < 4.78 is 18.8. The number of nitrogens with one attached hydrogen (secondary N) is 1. The minimum atomic E-state index is -0.598. The van der Waals surface area contributed by atoms with Crippen LogP contribution in [0.2, 0.25) is 0 Å². The van der Waals surface area contributed by atoms with Crippen LogP contribution in [-0.2, 0) is 0 Å². The van der Waals surface area contributed by atoms with Gasteiger partial charge in [-0.1, -0.05) is 6.92 Å². The van der Waals surface area contributed by atoms with Crippen molar-refractivity contribution < 1.29 is 9.13 Å². The largest absolute Gasteiger partial charge is 0.479 e. The molecule has 9 nitrogen and oxygen atoms in total. The van der Waals surface area contributed by atoms with Gasteiger partial charge in [0.25, 0.3) is 0 Å². The molecular weight excluding hydrogens is 363 g/mol. The standard InChI is InChI=1S/C18H21FN8O/c1-4-14(20)10-5-12(16-24-9(2)25-18(21)27-16)15(22-7-10)26-11-6-13(19)17(28-3)23-8-11/h5-8,14H,4,20H2,1-3H3,(H,22,26)(H2,21,24,25,27). The maximum Gasteiger partial charge on any atom is 0.250 e. The molecule has 10 heteroatoms. The van der Waals surface area contributed by atoms with Gasteiger partial charge >= 0.3 is 0 Å². The van der Waals surface area contributed by atoms with Crippen LogP contribution in [0.25, 0.3) is 11.4 Å². The van der Waals surface area contributed by atoms with Crippen molar-refractivity contribution >= 4 is 17.5 Å². The SMILES string of the molecule is CCC(N)c1cnc(Nc2cnc(OC)c(F)c2)c(-c2nc(C)nc(N)n2)c1. The summed E-state index contributed by atoms with van der Waals surface area (Å²) in [5, 5.41) is 3.04. The van der Waals surface area contributed by atoms with Crippen LogP contribution in [0.1, 0.15) is 30.8 Å². The van der Waals surface area contributed by atoms with Gasteiger partial charge in [-0.15, -0.1) is 0 Å². The molecular formula is C18H21FN8O. The molecule has 0 saturated carbocycles. The number of halogens is 1. The van der Waals surface area contributed by atoms with Crippen molar-refractivity contribution in [2.45, 2.75) is 26.3 Å². The van der Waals surface area contributed by atoms with Crippen molar-refractivity contribution in [3.63, 3.8) is 0 Å². The van der Waals surface area contributed by atoms with E-state index in [0.29, 0.717) is 28.7 Å². The third-order valence-electron chi connectivity index (χ3n) is 4.05. The monoisotopic (exact) mass is 384 g/mol. The second kappa shape index (κ2) is 8.09. The number of aromatic nitrogens is 5. The highest BCUT2D eigenvalue weighted by Gasteiger charge is 2.16. The zero-order valence-corrected chi connectivity index (χ0v) is 15.8. The van der Waals surface area contributed by atoms with Crippen molar-refractivity contribution in [3.05, 3.63) is 41.7 Å². The number of nitrogen functional groups attached to an aromatic ring is 1. The molecule has 0 spiro atoms. The summed E-state index contributed by atoms with van der Waals surface area (Å²) in [6.45, 7) is 3.69. The first-order valence-electron chi connectivity index (χ1n) is 8.61. The zero-order chi connectivity index (χ0) is 20.3. The van der Waals surface area contributed by atoms with E-state index in [1.165, 1.54) is 19.4 Å². The molecule has 0 bridgehead atoms. The lowest BCUT2D eigenvalue weighted by molar-refractivity contribution is 0.369. The number of rotatable bonds is 6. The summed E-state index contributed by atoms with van der Waals surface area (Å²) in [6, 6.07) is 2.90. The van der Waals surface area contributed by atoms with Crippen LogP contribution in [0, 0.1) is 12.7 Å². The quantitative estimate of drug-likeness (QED) is 0.585. The smallest absolute Gasteiger partial charge is 0.250 e. The van der Waals surface area contributed by atoms with E-state index in [-0.39, 0.29) is 17.9 Å². The molecule has 1 atom stereocenters. The van der Waals surface area contributed by atoms with E-state index >= 15 is 0 Å². The molecule has 28 heavy (non-hydrogen) atoms. The fourth-order valence-electron chi connectivity index (χ4n) is 2.59. The predicted octanol–water partition coefficient (Wildman–Crippen LogP) is 2.52. The summed E-state index contributed by atoms with van der Waals surface area (Å²) in [4.78, 5) is 20.9. The Morgan fingerprint density at radius 2 is 1.96 bits per heavy atom. The number of pyridine rings is 2. The van der Waals surface area contributed by atoms with Gasteiger partial charge < -0.3 is 21.5 Å². The molecule has 0 aliphatic heterocycles. The van der Waals surface area contributed by atoms with E-state index < -0.39 is 5.82 Å². The van der Waals surface area contributed by atoms with Gasteiger partial charge in [-0.3, -0.25) is 0 Å².